The van der Waals surface area contributed by atoms with Gasteiger partial charge in [-0.3, -0.25) is 4.79 Å². The summed E-state index contributed by atoms with van der Waals surface area (Å²) in [5.74, 6) is 1.97. The summed E-state index contributed by atoms with van der Waals surface area (Å²) in [7, 11) is 1.61. The number of halogens is 1. The van der Waals surface area contributed by atoms with E-state index in [-0.39, 0.29) is 5.91 Å². The van der Waals surface area contributed by atoms with Crippen molar-refractivity contribution in [1.29, 1.82) is 0 Å². The first-order valence-electron chi connectivity index (χ1n) is 10.6. The summed E-state index contributed by atoms with van der Waals surface area (Å²) in [4.78, 5) is 22.4. The number of fused-ring (bicyclic) bond motifs is 1. The molecule has 0 bridgehead atoms. The number of ether oxygens (including phenoxy) is 1. The van der Waals surface area contributed by atoms with Gasteiger partial charge in [0.2, 0.25) is 5.95 Å². The van der Waals surface area contributed by atoms with Crippen molar-refractivity contribution in [3.05, 3.63) is 94.8 Å². The monoisotopic (exact) mass is 472 g/mol. The Labute approximate surface area is 201 Å². The number of hydrogen-bond donors (Lipinski definition) is 2. The Morgan fingerprint density at radius 3 is 2.53 bits per heavy atom. The van der Waals surface area contributed by atoms with Gasteiger partial charge in [-0.1, -0.05) is 29.8 Å². The molecule has 3 heterocycles. The van der Waals surface area contributed by atoms with E-state index in [0.717, 1.165) is 16.9 Å². The zero-order valence-corrected chi connectivity index (χ0v) is 19.2. The maximum Gasteiger partial charge on any atom is 0.257 e. The minimum Gasteiger partial charge on any atom is -0.497 e. The topological polar surface area (TPSA) is 94.0 Å². The van der Waals surface area contributed by atoms with Crippen LogP contribution < -0.4 is 15.4 Å². The van der Waals surface area contributed by atoms with E-state index in [4.69, 9.17) is 21.4 Å². The van der Waals surface area contributed by atoms with Gasteiger partial charge in [-0.05, 0) is 61.0 Å². The van der Waals surface area contributed by atoms with Crippen LogP contribution in [0.15, 0.2) is 84.2 Å². The first kappa shape index (κ1) is 21.7. The molecular formula is C25H21ClN6O2. The smallest absolute Gasteiger partial charge is 0.257 e. The van der Waals surface area contributed by atoms with Crippen LogP contribution >= 0.6 is 11.6 Å². The molecule has 4 aromatic rings. The van der Waals surface area contributed by atoms with E-state index in [1.807, 2.05) is 49.4 Å². The second kappa shape index (κ2) is 8.99. The van der Waals surface area contributed by atoms with Gasteiger partial charge in [0.1, 0.15) is 17.6 Å². The number of benzene rings is 2. The van der Waals surface area contributed by atoms with E-state index in [0.29, 0.717) is 33.9 Å². The number of aromatic nitrogens is 4. The summed E-state index contributed by atoms with van der Waals surface area (Å²) in [5.41, 5.74) is 2.87. The van der Waals surface area contributed by atoms with Gasteiger partial charge in [0, 0.05) is 22.5 Å². The maximum atomic E-state index is 13.5. The number of hydrogen-bond acceptors (Lipinski definition) is 6. The number of carbonyl (C=O) groups excluding carboxylic acids is 1. The van der Waals surface area contributed by atoms with E-state index >= 15 is 0 Å². The molecule has 2 N–H and O–H groups in total. The van der Waals surface area contributed by atoms with Crippen molar-refractivity contribution in [3.63, 3.8) is 0 Å². The van der Waals surface area contributed by atoms with Gasteiger partial charge in [0.05, 0.1) is 12.7 Å². The number of rotatable bonds is 5. The predicted octanol–water partition coefficient (Wildman–Crippen LogP) is 4.93. The van der Waals surface area contributed by atoms with Crippen LogP contribution in [-0.4, -0.2) is 32.8 Å². The second-order valence-corrected chi connectivity index (χ2v) is 8.16. The number of methoxy groups -OCH3 is 1. The van der Waals surface area contributed by atoms with Gasteiger partial charge >= 0.3 is 0 Å². The predicted molar refractivity (Wildman–Crippen MR) is 131 cm³/mol. The maximum absolute atomic E-state index is 13.5. The van der Waals surface area contributed by atoms with E-state index in [9.17, 15) is 4.79 Å². The molecule has 0 spiro atoms. The third-order valence-corrected chi connectivity index (χ3v) is 5.79. The van der Waals surface area contributed by atoms with Crippen molar-refractivity contribution in [1.82, 2.24) is 19.7 Å². The SMILES string of the molecule is COc1ccc(C2C(C(=O)Nc3ccccn3)=C(C)Nc3nc(-c4ccc(Cl)cc4)nn32)cc1. The van der Waals surface area contributed by atoms with Gasteiger partial charge in [-0.15, -0.1) is 5.10 Å². The van der Waals surface area contributed by atoms with Crippen LogP contribution in [0.1, 0.15) is 18.5 Å². The summed E-state index contributed by atoms with van der Waals surface area (Å²) >= 11 is 6.04. The molecule has 5 rings (SSSR count). The lowest BCUT2D eigenvalue weighted by Gasteiger charge is -2.28. The summed E-state index contributed by atoms with van der Waals surface area (Å²) in [5, 5.41) is 11.5. The van der Waals surface area contributed by atoms with Crippen LogP contribution in [0.2, 0.25) is 5.02 Å². The number of carbonyl (C=O) groups is 1. The molecule has 2 aromatic carbocycles. The van der Waals surface area contributed by atoms with Crippen molar-refractivity contribution in [2.24, 2.45) is 0 Å². The number of amides is 1. The van der Waals surface area contributed by atoms with E-state index < -0.39 is 6.04 Å². The molecule has 34 heavy (non-hydrogen) atoms. The van der Waals surface area contributed by atoms with E-state index in [1.165, 1.54) is 0 Å². The number of nitrogens with zero attached hydrogens (tertiary/aromatic N) is 4. The van der Waals surface area contributed by atoms with Crippen molar-refractivity contribution in [2.45, 2.75) is 13.0 Å². The summed E-state index contributed by atoms with van der Waals surface area (Å²) in [6, 6.07) is 19.7. The number of pyridine rings is 1. The molecule has 0 saturated carbocycles. The third-order valence-electron chi connectivity index (χ3n) is 5.54. The fourth-order valence-electron chi connectivity index (χ4n) is 3.88. The Morgan fingerprint density at radius 2 is 1.85 bits per heavy atom. The average Bonchev–Trinajstić information content (AvgIpc) is 3.27. The molecule has 1 atom stereocenters. The van der Waals surface area contributed by atoms with E-state index in [2.05, 4.69) is 20.6 Å². The zero-order valence-electron chi connectivity index (χ0n) is 18.5. The third kappa shape index (κ3) is 4.11. The van der Waals surface area contributed by atoms with Crippen LogP contribution in [0.4, 0.5) is 11.8 Å². The minimum absolute atomic E-state index is 0.279. The average molecular weight is 473 g/mol. The van der Waals surface area contributed by atoms with Gasteiger partial charge in [-0.2, -0.15) is 4.98 Å². The standard InChI is InChI=1S/C25H21ClN6O2/c1-15-21(24(33)29-20-5-3-4-14-27-20)22(16-8-12-19(34-2)13-9-16)32-25(28-15)30-23(31-32)17-6-10-18(26)11-7-17/h3-14,22H,1-2H3,(H,27,29,33)(H,28,30,31). The van der Waals surface area contributed by atoms with Crippen LogP contribution in [0.3, 0.4) is 0 Å². The van der Waals surface area contributed by atoms with Gasteiger partial charge in [0.25, 0.3) is 5.91 Å². The fourth-order valence-corrected chi connectivity index (χ4v) is 4.01. The molecular weight excluding hydrogens is 452 g/mol. The molecule has 0 fully saturated rings. The van der Waals surface area contributed by atoms with Gasteiger partial charge < -0.3 is 15.4 Å². The lowest BCUT2D eigenvalue weighted by molar-refractivity contribution is -0.113. The van der Waals surface area contributed by atoms with Crippen LogP contribution in [-0.2, 0) is 4.79 Å². The summed E-state index contributed by atoms with van der Waals surface area (Å²) in [6.07, 6.45) is 1.63. The van der Waals surface area contributed by atoms with Crippen molar-refractivity contribution < 1.29 is 9.53 Å². The fraction of sp³-hybridized carbons (Fsp3) is 0.120. The second-order valence-electron chi connectivity index (χ2n) is 7.72. The Hall–Kier alpha value is -4.17. The molecule has 1 unspecified atom stereocenters. The Bertz CT molecular complexity index is 1370. The Morgan fingerprint density at radius 1 is 1.09 bits per heavy atom. The molecule has 0 saturated heterocycles. The van der Waals surface area contributed by atoms with E-state index in [1.54, 1.807) is 42.3 Å². The normalized spacial score (nSPS) is 14.9. The van der Waals surface area contributed by atoms with Crippen LogP contribution in [0, 0.1) is 0 Å². The zero-order chi connectivity index (χ0) is 23.7. The first-order chi connectivity index (χ1) is 16.5. The molecule has 1 aliphatic rings. The van der Waals surface area contributed by atoms with Crippen molar-refractivity contribution in [2.75, 3.05) is 17.7 Å². The minimum atomic E-state index is -0.514. The lowest BCUT2D eigenvalue weighted by Crippen LogP contribution is -2.31. The van der Waals surface area contributed by atoms with Crippen molar-refractivity contribution >= 4 is 29.3 Å². The Kier molecular flexibility index (Phi) is 5.73. The molecule has 1 amide bonds. The Balaban J connectivity index is 1.59. The molecule has 0 aliphatic carbocycles. The highest BCUT2D eigenvalue weighted by atomic mass is 35.5. The largest absolute Gasteiger partial charge is 0.497 e. The van der Waals surface area contributed by atoms with Crippen LogP contribution in [0.25, 0.3) is 11.4 Å². The highest BCUT2D eigenvalue weighted by Crippen LogP contribution is 2.37. The molecule has 0 radical (unpaired) electrons. The highest BCUT2D eigenvalue weighted by molar-refractivity contribution is 6.30. The molecule has 170 valence electrons. The molecule has 8 nitrogen and oxygen atoms in total. The van der Waals surface area contributed by atoms with Crippen LogP contribution in [0.5, 0.6) is 5.75 Å². The highest BCUT2D eigenvalue weighted by Gasteiger charge is 2.34. The number of nitrogens with one attached hydrogen (secondary N) is 2. The number of allylic oxidation sites excluding steroid dienone is 1. The summed E-state index contributed by atoms with van der Waals surface area (Å²) < 4.78 is 7.04. The molecule has 1 aliphatic heterocycles. The quantitative estimate of drug-likeness (QED) is 0.427. The van der Waals surface area contributed by atoms with Gasteiger partial charge in [-0.25, -0.2) is 9.67 Å². The summed E-state index contributed by atoms with van der Waals surface area (Å²) in [6.45, 7) is 1.85. The van der Waals surface area contributed by atoms with Crippen molar-refractivity contribution in [3.8, 4) is 17.1 Å². The van der Waals surface area contributed by atoms with Gasteiger partial charge in [0.15, 0.2) is 5.82 Å². The molecule has 9 heteroatoms. The number of anilines is 2. The first-order valence-corrected chi connectivity index (χ1v) is 11.0. The molecule has 2 aromatic heterocycles. The lowest BCUT2D eigenvalue weighted by atomic mass is 9.95.